The van der Waals surface area contributed by atoms with Gasteiger partial charge in [0.1, 0.15) is 5.60 Å². The van der Waals surface area contributed by atoms with Crippen LogP contribution in [0.2, 0.25) is 0 Å². The minimum atomic E-state index is -0.424. The molecule has 2 rings (SSSR count). The summed E-state index contributed by atoms with van der Waals surface area (Å²) in [6.45, 7) is 5.70. The summed E-state index contributed by atoms with van der Waals surface area (Å²) in [5, 5.41) is 6.80. The highest BCUT2D eigenvalue weighted by Crippen LogP contribution is 2.23. The molecule has 2 atom stereocenters. The van der Waals surface area contributed by atoms with Gasteiger partial charge in [0.05, 0.1) is 0 Å². The van der Waals surface area contributed by atoms with Crippen molar-refractivity contribution < 1.29 is 9.53 Å². The van der Waals surface area contributed by atoms with Gasteiger partial charge in [-0.15, -0.1) is 0 Å². The van der Waals surface area contributed by atoms with Gasteiger partial charge < -0.3 is 15.4 Å². The highest BCUT2D eigenvalue weighted by molar-refractivity contribution is 7.99. The van der Waals surface area contributed by atoms with E-state index in [9.17, 15) is 4.79 Å². The van der Waals surface area contributed by atoms with Gasteiger partial charge in [-0.2, -0.15) is 11.8 Å². The van der Waals surface area contributed by atoms with E-state index in [2.05, 4.69) is 10.6 Å². The Morgan fingerprint density at radius 2 is 1.75 bits per heavy atom. The van der Waals surface area contributed by atoms with Crippen LogP contribution in [-0.2, 0) is 4.74 Å². The average molecular weight is 300 g/mol. The van der Waals surface area contributed by atoms with Crippen LogP contribution in [0, 0.1) is 0 Å². The van der Waals surface area contributed by atoms with Gasteiger partial charge in [0.15, 0.2) is 0 Å². The molecule has 116 valence electrons. The lowest BCUT2D eigenvalue weighted by Gasteiger charge is -2.30. The van der Waals surface area contributed by atoms with Crippen molar-refractivity contribution in [3.63, 3.8) is 0 Å². The van der Waals surface area contributed by atoms with E-state index in [1.807, 2.05) is 32.5 Å². The molecule has 2 fully saturated rings. The third-order valence-electron chi connectivity index (χ3n) is 3.89. The summed E-state index contributed by atoms with van der Waals surface area (Å²) in [6.07, 6.45) is 5.61. The van der Waals surface area contributed by atoms with Gasteiger partial charge in [-0.3, -0.25) is 0 Å². The first-order valence-corrected chi connectivity index (χ1v) is 8.93. The molecule has 20 heavy (non-hydrogen) atoms. The van der Waals surface area contributed by atoms with E-state index >= 15 is 0 Å². The minimum Gasteiger partial charge on any atom is -0.444 e. The minimum absolute atomic E-state index is 0.222. The summed E-state index contributed by atoms with van der Waals surface area (Å²) in [5.74, 6) is 2.52. The molecule has 5 heteroatoms. The first-order chi connectivity index (χ1) is 9.44. The van der Waals surface area contributed by atoms with Crippen molar-refractivity contribution in [3.8, 4) is 0 Å². The quantitative estimate of drug-likeness (QED) is 0.841. The summed E-state index contributed by atoms with van der Waals surface area (Å²) in [6, 6.07) is 1.26. The van der Waals surface area contributed by atoms with Crippen molar-refractivity contribution in [3.05, 3.63) is 0 Å². The molecule has 4 nitrogen and oxygen atoms in total. The second-order valence-corrected chi connectivity index (χ2v) is 8.07. The second kappa shape index (κ2) is 7.03. The van der Waals surface area contributed by atoms with Gasteiger partial charge in [-0.25, -0.2) is 4.79 Å². The van der Waals surface area contributed by atoms with Crippen LogP contribution in [0.5, 0.6) is 0 Å². The predicted octanol–water partition coefficient (Wildman–Crippen LogP) is 2.92. The van der Waals surface area contributed by atoms with Gasteiger partial charge in [-0.1, -0.05) is 0 Å². The summed E-state index contributed by atoms with van der Waals surface area (Å²) in [7, 11) is 0. The van der Waals surface area contributed by atoms with Gasteiger partial charge in [0.2, 0.25) is 0 Å². The first kappa shape index (κ1) is 16.0. The van der Waals surface area contributed by atoms with E-state index in [0.29, 0.717) is 12.1 Å². The molecule has 0 bridgehead atoms. The van der Waals surface area contributed by atoms with Crippen LogP contribution in [0.3, 0.4) is 0 Å². The number of rotatable bonds is 3. The van der Waals surface area contributed by atoms with Crippen molar-refractivity contribution in [2.45, 2.75) is 76.6 Å². The van der Waals surface area contributed by atoms with Crippen LogP contribution >= 0.6 is 11.8 Å². The zero-order valence-electron chi connectivity index (χ0n) is 12.9. The zero-order chi connectivity index (χ0) is 14.6. The van der Waals surface area contributed by atoms with Crippen LogP contribution < -0.4 is 10.6 Å². The van der Waals surface area contributed by atoms with Crippen molar-refractivity contribution in [2.75, 3.05) is 11.5 Å². The fourth-order valence-electron chi connectivity index (χ4n) is 2.96. The number of thioether (sulfide) groups is 1. The molecule has 0 aromatic heterocycles. The number of carbonyl (C=O) groups is 1. The van der Waals surface area contributed by atoms with Crippen molar-refractivity contribution >= 4 is 17.9 Å². The maximum Gasteiger partial charge on any atom is 0.407 e. The maximum absolute atomic E-state index is 11.9. The monoisotopic (exact) mass is 300 g/mol. The second-order valence-electron chi connectivity index (χ2n) is 6.84. The maximum atomic E-state index is 11.9. The highest BCUT2D eigenvalue weighted by atomic mass is 32.2. The van der Waals surface area contributed by atoms with E-state index in [1.54, 1.807) is 0 Å². The number of amides is 1. The third kappa shape index (κ3) is 5.17. The number of hydrogen-bond donors (Lipinski definition) is 2. The topological polar surface area (TPSA) is 50.4 Å². The molecule has 0 spiro atoms. The van der Waals surface area contributed by atoms with Crippen LogP contribution in [0.25, 0.3) is 0 Å². The number of hydrogen-bond acceptors (Lipinski definition) is 4. The Morgan fingerprint density at radius 3 is 2.40 bits per heavy atom. The molecule has 2 N–H and O–H groups in total. The van der Waals surface area contributed by atoms with Gasteiger partial charge in [0, 0.05) is 18.1 Å². The highest BCUT2D eigenvalue weighted by Gasteiger charge is 2.31. The molecule has 1 saturated carbocycles. The SMILES string of the molecule is CC(C)(C)OC(=O)NC1CCCC1NC1CCSCC1. The van der Waals surface area contributed by atoms with Gasteiger partial charge >= 0.3 is 6.09 Å². The van der Waals surface area contributed by atoms with E-state index < -0.39 is 5.60 Å². The molecule has 1 aliphatic heterocycles. The lowest BCUT2D eigenvalue weighted by Crippen LogP contribution is -2.51. The fourth-order valence-corrected chi connectivity index (χ4v) is 4.06. The Hall–Kier alpha value is -0.420. The number of alkyl carbamates (subject to hydrolysis) is 1. The van der Waals surface area contributed by atoms with Crippen molar-refractivity contribution in [2.24, 2.45) is 0 Å². The fraction of sp³-hybridized carbons (Fsp3) is 0.933. The zero-order valence-corrected chi connectivity index (χ0v) is 13.7. The Bertz CT molecular complexity index is 324. The molecule has 2 unspecified atom stereocenters. The van der Waals surface area contributed by atoms with E-state index in [0.717, 1.165) is 12.8 Å². The number of ether oxygens (including phenoxy) is 1. The van der Waals surface area contributed by atoms with Gasteiger partial charge in [-0.05, 0) is 64.4 Å². The Kier molecular flexibility index (Phi) is 5.61. The van der Waals surface area contributed by atoms with E-state index in [4.69, 9.17) is 4.74 Å². The number of nitrogens with one attached hydrogen (secondary N) is 2. The molecule has 2 aliphatic rings. The summed E-state index contributed by atoms with van der Waals surface area (Å²) < 4.78 is 5.36. The Morgan fingerprint density at radius 1 is 1.10 bits per heavy atom. The van der Waals surface area contributed by atoms with Crippen LogP contribution in [-0.4, -0.2) is 41.3 Å². The molecular formula is C15H28N2O2S. The lowest BCUT2D eigenvalue weighted by molar-refractivity contribution is 0.0496. The molecule has 0 aromatic carbocycles. The largest absolute Gasteiger partial charge is 0.444 e. The normalized spacial score (nSPS) is 28.4. The molecule has 1 aliphatic carbocycles. The van der Waals surface area contributed by atoms with Crippen LogP contribution in [0.4, 0.5) is 4.79 Å². The summed E-state index contributed by atoms with van der Waals surface area (Å²) >= 11 is 2.04. The van der Waals surface area contributed by atoms with Crippen LogP contribution in [0.1, 0.15) is 52.9 Å². The lowest BCUT2D eigenvalue weighted by atomic mass is 10.1. The van der Waals surface area contributed by atoms with E-state index in [-0.39, 0.29) is 12.1 Å². The average Bonchev–Trinajstić information content (AvgIpc) is 2.75. The smallest absolute Gasteiger partial charge is 0.407 e. The first-order valence-electron chi connectivity index (χ1n) is 7.77. The molecule has 0 aromatic rings. The predicted molar refractivity (Wildman–Crippen MR) is 84.3 cm³/mol. The molecule has 1 saturated heterocycles. The molecule has 1 amide bonds. The molecule has 1 heterocycles. The Labute approximate surface area is 126 Å². The van der Waals surface area contributed by atoms with Crippen molar-refractivity contribution in [1.29, 1.82) is 0 Å². The van der Waals surface area contributed by atoms with Crippen molar-refractivity contribution in [1.82, 2.24) is 10.6 Å². The third-order valence-corrected chi connectivity index (χ3v) is 4.94. The molecule has 0 radical (unpaired) electrons. The molecular weight excluding hydrogens is 272 g/mol. The Balaban J connectivity index is 1.79. The van der Waals surface area contributed by atoms with Crippen LogP contribution in [0.15, 0.2) is 0 Å². The van der Waals surface area contributed by atoms with E-state index in [1.165, 1.54) is 30.8 Å². The standard InChI is InChI=1S/C15H28N2O2S/c1-15(2,3)19-14(18)17-13-6-4-5-12(13)16-11-7-9-20-10-8-11/h11-13,16H,4-10H2,1-3H3,(H,17,18). The number of carbonyl (C=O) groups excluding carboxylic acids is 1. The van der Waals surface area contributed by atoms with Gasteiger partial charge in [0.25, 0.3) is 0 Å². The summed E-state index contributed by atoms with van der Waals surface area (Å²) in [4.78, 5) is 11.9. The summed E-state index contributed by atoms with van der Waals surface area (Å²) in [5.41, 5.74) is -0.424.